The van der Waals surface area contributed by atoms with E-state index in [1.165, 1.54) is 24.8 Å². The van der Waals surface area contributed by atoms with Gasteiger partial charge in [0.15, 0.2) is 0 Å². The topological polar surface area (TPSA) is 30.7 Å². The third-order valence-corrected chi connectivity index (χ3v) is 4.14. The standard InChI is InChI=1S/C18H14ClF2N3/c1-12(14-4-2-3-5-17(14)19)16(9-24-11-22-10-23-24)15-7-6-13(20)8-18(15)21/h2-8,10-11,16H,1,9H2. The average molecular weight is 346 g/mol. The van der Waals surface area contributed by atoms with Gasteiger partial charge in [0.2, 0.25) is 0 Å². The van der Waals surface area contributed by atoms with Gasteiger partial charge in [-0.3, -0.25) is 4.68 Å². The van der Waals surface area contributed by atoms with Crippen LogP contribution in [0.2, 0.25) is 5.02 Å². The zero-order chi connectivity index (χ0) is 17.1. The fourth-order valence-corrected chi connectivity index (χ4v) is 2.86. The molecule has 0 N–H and O–H groups in total. The van der Waals surface area contributed by atoms with Crippen molar-refractivity contribution < 1.29 is 8.78 Å². The van der Waals surface area contributed by atoms with Crippen molar-refractivity contribution in [3.63, 3.8) is 0 Å². The molecule has 0 fully saturated rings. The number of hydrogen-bond donors (Lipinski definition) is 0. The maximum atomic E-state index is 14.3. The highest BCUT2D eigenvalue weighted by atomic mass is 35.5. The van der Waals surface area contributed by atoms with Crippen LogP contribution in [0.25, 0.3) is 5.57 Å². The summed E-state index contributed by atoms with van der Waals surface area (Å²) in [7, 11) is 0. The molecule has 0 radical (unpaired) electrons. The average Bonchev–Trinajstić information content (AvgIpc) is 3.06. The summed E-state index contributed by atoms with van der Waals surface area (Å²) >= 11 is 6.25. The second-order valence-electron chi connectivity index (χ2n) is 5.34. The first-order chi connectivity index (χ1) is 11.6. The Kier molecular flexibility index (Phi) is 4.71. The Morgan fingerprint density at radius 3 is 2.67 bits per heavy atom. The van der Waals surface area contributed by atoms with Crippen LogP contribution < -0.4 is 0 Å². The van der Waals surface area contributed by atoms with Gasteiger partial charge in [0.1, 0.15) is 24.3 Å². The molecule has 3 aromatic rings. The minimum absolute atomic E-state index is 0.312. The van der Waals surface area contributed by atoms with Gasteiger partial charge in [0, 0.05) is 17.0 Å². The van der Waals surface area contributed by atoms with Gasteiger partial charge in [-0.2, -0.15) is 5.10 Å². The summed E-state index contributed by atoms with van der Waals surface area (Å²) in [5, 5.41) is 4.58. The number of halogens is 3. The van der Waals surface area contributed by atoms with E-state index in [4.69, 9.17) is 11.6 Å². The zero-order valence-corrected chi connectivity index (χ0v) is 13.4. The van der Waals surface area contributed by atoms with Crippen LogP contribution in [0.15, 0.2) is 61.7 Å². The summed E-state index contributed by atoms with van der Waals surface area (Å²) < 4.78 is 29.2. The molecular formula is C18H14ClF2N3. The van der Waals surface area contributed by atoms with Crippen LogP contribution in [0.4, 0.5) is 8.78 Å². The molecule has 1 unspecified atom stereocenters. The highest BCUT2D eigenvalue weighted by Gasteiger charge is 2.22. The summed E-state index contributed by atoms with van der Waals surface area (Å²) in [6, 6.07) is 10.7. The van der Waals surface area contributed by atoms with Crippen molar-refractivity contribution in [2.24, 2.45) is 0 Å². The van der Waals surface area contributed by atoms with Crippen LogP contribution in [0, 0.1) is 11.6 Å². The number of hydrogen-bond acceptors (Lipinski definition) is 2. The SMILES string of the molecule is C=C(c1ccccc1Cl)C(Cn1cncn1)c1ccc(F)cc1F. The molecule has 0 bridgehead atoms. The highest BCUT2D eigenvalue weighted by molar-refractivity contribution is 6.32. The molecule has 2 aromatic carbocycles. The van der Waals surface area contributed by atoms with Crippen LogP contribution in [0.5, 0.6) is 0 Å². The van der Waals surface area contributed by atoms with Crippen molar-refractivity contribution in [3.8, 4) is 0 Å². The predicted molar refractivity (Wildman–Crippen MR) is 89.6 cm³/mol. The summed E-state index contributed by atoms with van der Waals surface area (Å²) in [5.74, 6) is -1.72. The zero-order valence-electron chi connectivity index (χ0n) is 12.7. The Morgan fingerprint density at radius 1 is 1.21 bits per heavy atom. The van der Waals surface area contributed by atoms with Gasteiger partial charge in [0.05, 0.1) is 6.54 Å². The molecule has 122 valence electrons. The lowest BCUT2D eigenvalue weighted by atomic mass is 9.87. The number of nitrogens with zero attached hydrogens (tertiary/aromatic N) is 3. The third-order valence-electron chi connectivity index (χ3n) is 3.81. The predicted octanol–water partition coefficient (Wildman–Crippen LogP) is 4.71. The van der Waals surface area contributed by atoms with Crippen molar-refractivity contribution in [1.82, 2.24) is 14.8 Å². The van der Waals surface area contributed by atoms with E-state index in [1.54, 1.807) is 10.7 Å². The van der Waals surface area contributed by atoms with Crippen LogP contribution >= 0.6 is 11.6 Å². The lowest BCUT2D eigenvalue weighted by Crippen LogP contribution is -2.13. The molecule has 3 nitrogen and oxygen atoms in total. The molecule has 0 aliphatic carbocycles. The van der Waals surface area contributed by atoms with Gasteiger partial charge >= 0.3 is 0 Å². The van der Waals surface area contributed by atoms with Gasteiger partial charge in [-0.25, -0.2) is 13.8 Å². The van der Waals surface area contributed by atoms with Gasteiger partial charge in [-0.05, 0) is 28.8 Å². The fourth-order valence-electron chi connectivity index (χ4n) is 2.60. The van der Waals surface area contributed by atoms with Crippen molar-refractivity contribution in [3.05, 3.63) is 89.5 Å². The summed E-state index contributed by atoms with van der Waals surface area (Å²) in [4.78, 5) is 3.90. The van der Waals surface area contributed by atoms with Gasteiger partial charge < -0.3 is 0 Å². The van der Waals surface area contributed by atoms with Crippen LogP contribution in [0.1, 0.15) is 17.0 Å². The molecule has 0 aliphatic rings. The van der Waals surface area contributed by atoms with Gasteiger partial charge in [-0.15, -0.1) is 0 Å². The summed E-state index contributed by atoms with van der Waals surface area (Å²) in [6.45, 7) is 4.41. The number of benzene rings is 2. The minimum Gasteiger partial charge on any atom is -0.252 e. The molecule has 1 heterocycles. The largest absolute Gasteiger partial charge is 0.252 e. The first-order valence-corrected chi connectivity index (χ1v) is 7.65. The van der Waals surface area contributed by atoms with Crippen LogP contribution in [-0.4, -0.2) is 14.8 Å². The van der Waals surface area contributed by atoms with E-state index in [9.17, 15) is 8.78 Å². The van der Waals surface area contributed by atoms with E-state index in [2.05, 4.69) is 16.7 Å². The molecule has 0 amide bonds. The maximum absolute atomic E-state index is 14.3. The Morgan fingerprint density at radius 2 is 2.00 bits per heavy atom. The summed E-state index contributed by atoms with van der Waals surface area (Å²) in [5.41, 5.74) is 1.67. The van der Waals surface area contributed by atoms with Crippen LogP contribution in [0.3, 0.4) is 0 Å². The number of allylic oxidation sites excluding steroid dienone is 1. The Hall–Kier alpha value is -2.53. The highest BCUT2D eigenvalue weighted by Crippen LogP contribution is 2.36. The van der Waals surface area contributed by atoms with E-state index >= 15 is 0 Å². The van der Waals surface area contributed by atoms with Crippen molar-refractivity contribution in [2.45, 2.75) is 12.5 Å². The quantitative estimate of drug-likeness (QED) is 0.670. The van der Waals surface area contributed by atoms with Gasteiger partial charge in [0.25, 0.3) is 0 Å². The molecule has 1 aromatic heterocycles. The van der Waals surface area contributed by atoms with E-state index in [1.807, 2.05) is 18.2 Å². The Bertz CT molecular complexity index is 862. The molecular weight excluding hydrogens is 332 g/mol. The molecule has 3 rings (SSSR count). The minimum atomic E-state index is -0.631. The van der Waals surface area contributed by atoms with Gasteiger partial charge in [-0.1, -0.05) is 42.4 Å². The molecule has 24 heavy (non-hydrogen) atoms. The molecule has 0 saturated carbocycles. The first kappa shape index (κ1) is 16.3. The van der Waals surface area contributed by atoms with Crippen molar-refractivity contribution >= 4 is 17.2 Å². The molecule has 6 heteroatoms. The third kappa shape index (κ3) is 3.36. The molecule has 0 saturated heterocycles. The van der Waals surface area contributed by atoms with E-state index < -0.39 is 17.6 Å². The number of aromatic nitrogens is 3. The Labute approximate surface area is 143 Å². The van der Waals surface area contributed by atoms with E-state index in [0.717, 1.165) is 6.07 Å². The lowest BCUT2D eigenvalue weighted by Gasteiger charge is -2.21. The van der Waals surface area contributed by atoms with E-state index in [0.29, 0.717) is 28.3 Å². The van der Waals surface area contributed by atoms with E-state index in [-0.39, 0.29) is 0 Å². The summed E-state index contributed by atoms with van der Waals surface area (Å²) in [6.07, 6.45) is 2.94. The Balaban J connectivity index is 2.04. The monoisotopic (exact) mass is 345 g/mol. The second-order valence-corrected chi connectivity index (χ2v) is 5.75. The number of rotatable bonds is 5. The molecule has 0 aliphatic heterocycles. The van der Waals surface area contributed by atoms with Crippen molar-refractivity contribution in [1.29, 1.82) is 0 Å². The van der Waals surface area contributed by atoms with Crippen molar-refractivity contribution in [2.75, 3.05) is 0 Å². The first-order valence-electron chi connectivity index (χ1n) is 7.27. The smallest absolute Gasteiger partial charge is 0.137 e. The molecule has 1 atom stereocenters. The lowest BCUT2D eigenvalue weighted by molar-refractivity contribution is 0.534. The normalized spacial score (nSPS) is 12.1. The fraction of sp³-hybridized carbons (Fsp3) is 0.111. The maximum Gasteiger partial charge on any atom is 0.137 e. The molecule has 0 spiro atoms. The second kappa shape index (κ2) is 6.93. The van der Waals surface area contributed by atoms with Crippen LogP contribution in [-0.2, 0) is 6.54 Å².